The fourth-order valence-corrected chi connectivity index (χ4v) is 4.02. The molecule has 1 amide bonds. The van der Waals surface area contributed by atoms with Crippen LogP contribution in [0.15, 0.2) is 62.7 Å². The number of benzene rings is 2. The quantitative estimate of drug-likeness (QED) is 0.392. The number of thioether (sulfide) groups is 1. The van der Waals surface area contributed by atoms with Crippen LogP contribution < -0.4 is 5.32 Å². The molecule has 0 unspecified atom stereocenters. The Morgan fingerprint density at radius 1 is 1.10 bits per heavy atom. The predicted octanol–water partition coefficient (Wildman–Crippen LogP) is 3.71. The summed E-state index contributed by atoms with van der Waals surface area (Å²) in [4.78, 5) is 13.2. The van der Waals surface area contributed by atoms with Crippen molar-refractivity contribution in [2.75, 3.05) is 17.3 Å². The first kappa shape index (κ1) is 22.0. The molecule has 0 saturated carbocycles. The molecule has 0 atom stereocenters. The molecule has 7 nitrogen and oxygen atoms in total. The van der Waals surface area contributed by atoms with Crippen molar-refractivity contribution in [3.8, 4) is 0 Å². The van der Waals surface area contributed by atoms with Crippen molar-refractivity contribution in [1.82, 2.24) is 10.2 Å². The van der Waals surface area contributed by atoms with E-state index in [0.717, 1.165) is 22.5 Å². The van der Waals surface area contributed by atoms with Gasteiger partial charge in [0.25, 0.3) is 0 Å². The van der Waals surface area contributed by atoms with Gasteiger partial charge in [0.15, 0.2) is 9.84 Å². The fourth-order valence-electron chi connectivity index (χ4n) is 2.54. The maximum Gasteiger partial charge on any atom is 0.322 e. The SMILES string of the molecule is CS(=O)(=O)c1ccc(Cc2nnc(NC(=O)CCCSc3ccc(F)cc3)o2)cc1. The lowest BCUT2D eigenvalue weighted by Crippen LogP contribution is -2.11. The maximum absolute atomic E-state index is 12.9. The van der Waals surface area contributed by atoms with Crippen LogP contribution in [0.2, 0.25) is 0 Å². The van der Waals surface area contributed by atoms with Crippen LogP contribution in [0.3, 0.4) is 0 Å². The minimum atomic E-state index is -3.24. The van der Waals surface area contributed by atoms with E-state index in [9.17, 15) is 17.6 Å². The van der Waals surface area contributed by atoms with Gasteiger partial charge >= 0.3 is 6.01 Å². The molecule has 1 heterocycles. The van der Waals surface area contributed by atoms with Gasteiger partial charge < -0.3 is 4.42 Å². The van der Waals surface area contributed by atoms with Crippen LogP contribution in [0.1, 0.15) is 24.3 Å². The summed E-state index contributed by atoms with van der Waals surface area (Å²) in [6, 6.07) is 12.6. The van der Waals surface area contributed by atoms with E-state index in [0.29, 0.717) is 25.2 Å². The van der Waals surface area contributed by atoms with Crippen LogP contribution in [-0.4, -0.2) is 36.5 Å². The van der Waals surface area contributed by atoms with Gasteiger partial charge in [-0.3, -0.25) is 10.1 Å². The zero-order valence-corrected chi connectivity index (χ0v) is 17.8. The second-order valence-electron chi connectivity index (χ2n) is 6.55. The second-order valence-corrected chi connectivity index (χ2v) is 9.73. The van der Waals surface area contributed by atoms with Gasteiger partial charge in [-0.05, 0) is 54.1 Å². The summed E-state index contributed by atoms with van der Waals surface area (Å²) < 4.78 is 41.3. The largest absolute Gasteiger partial charge is 0.407 e. The van der Waals surface area contributed by atoms with Crippen molar-refractivity contribution >= 4 is 33.5 Å². The topological polar surface area (TPSA) is 102 Å². The number of carbonyl (C=O) groups is 1. The predicted molar refractivity (Wildman–Crippen MR) is 112 cm³/mol. The average Bonchev–Trinajstić information content (AvgIpc) is 3.13. The number of aromatic nitrogens is 2. The average molecular weight is 450 g/mol. The minimum absolute atomic E-state index is 0.0222. The number of halogens is 1. The molecule has 3 aromatic rings. The molecule has 10 heteroatoms. The van der Waals surface area contributed by atoms with E-state index in [2.05, 4.69) is 15.5 Å². The Kier molecular flexibility index (Phi) is 7.22. The van der Waals surface area contributed by atoms with Gasteiger partial charge in [0.2, 0.25) is 11.8 Å². The van der Waals surface area contributed by atoms with Crippen molar-refractivity contribution in [1.29, 1.82) is 0 Å². The highest BCUT2D eigenvalue weighted by Crippen LogP contribution is 2.20. The summed E-state index contributed by atoms with van der Waals surface area (Å²) >= 11 is 1.55. The smallest absolute Gasteiger partial charge is 0.322 e. The number of anilines is 1. The Labute approximate surface area is 178 Å². The number of rotatable bonds is 9. The lowest BCUT2D eigenvalue weighted by atomic mass is 10.1. The monoisotopic (exact) mass is 449 g/mol. The van der Waals surface area contributed by atoms with Crippen molar-refractivity contribution in [3.63, 3.8) is 0 Å². The molecule has 2 aromatic carbocycles. The lowest BCUT2D eigenvalue weighted by molar-refractivity contribution is -0.116. The number of hydrogen-bond acceptors (Lipinski definition) is 7. The van der Waals surface area contributed by atoms with Gasteiger partial charge in [-0.2, -0.15) is 0 Å². The molecule has 0 aliphatic heterocycles. The van der Waals surface area contributed by atoms with Crippen molar-refractivity contribution in [2.24, 2.45) is 0 Å². The molecule has 1 aromatic heterocycles. The van der Waals surface area contributed by atoms with Crippen molar-refractivity contribution < 1.29 is 22.0 Å². The van der Waals surface area contributed by atoms with Crippen molar-refractivity contribution in [3.05, 3.63) is 65.8 Å². The van der Waals surface area contributed by atoms with E-state index in [4.69, 9.17) is 4.42 Å². The highest BCUT2D eigenvalue weighted by molar-refractivity contribution is 7.99. The summed E-state index contributed by atoms with van der Waals surface area (Å²) in [7, 11) is -3.24. The van der Waals surface area contributed by atoms with Crippen LogP contribution in [0.4, 0.5) is 10.4 Å². The molecule has 0 radical (unpaired) electrons. The first-order valence-corrected chi connectivity index (χ1v) is 12.0. The summed E-state index contributed by atoms with van der Waals surface area (Å²) in [5, 5.41) is 10.3. The van der Waals surface area contributed by atoms with E-state index in [1.54, 1.807) is 36.0 Å². The van der Waals surface area contributed by atoms with Crippen LogP contribution in [0.5, 0.6) is 0 Å². The fraction of sp³-hybridized carbons (Fsp3) is 0.250. The molecule has 0 saturated heterocycles. The zero-order chi connectivity index (χ0) is 21.6. The van der Waals surface area contributed by atoms with E-state index in [-0.39, 0.29) is 22.6 Å². The van der Waals surface area contributed by atoms with Gasteiger partial charge in [0, 0.05) is 17.6 Å². The lowest BCUT2D eigenvalue weighted by Gasteiger charge is -2.02. The van der Waals surface area contributed by atoms with Crippen LogP contribution in [0, 0.1) is 5.82 Å². The summed E-state index contributed by atoms with van der Waals surface area (Å²) in [6.07, 6.45) is 2.40. The van der Waals surface area contributed by atoms with Gasteiger partial charge in [-0.1, -0.05) is 17.2 Å². The molecular formula is C20H20FN3O4S2. The normalized spacial score (nSPS) is 11.4. The first-order valence-electron chi connectivity index (χ1n) is 9.09. The summed E-state index contributed by atoms with van der Waals surface area (Å²) in [6.45, 7) is 0. The molecule has 0 aliphatic rings. The standard InChI is InChI=1S/C20H20FN3O4S2/c1-30(26,27)17-10-4-14(5-11-17)13-19-23-24-20(28-19)22-18(25)3-2-12-29-16-8-6-15(21)7-9-16/h4-11H,2-3,12-13H2,1H3,(H,22,24,25). The van der Waals surface area contributed by atoms with Gasteiger partial charge in [-0.15, -0.1) is 16.9 Å². The molecular weight excluding hydrogens is 429 g/mol. The molecule has 0 spiro atoms. The Morgan fingerprint density at radius 2 is 1.80 bits per heavy atom. The summed E-state index contributed by atoms with van der Waals surface area (Å²) in [5.74, 6) is 0.521. The number of nitrogens with zero attached hydrogens (tertiary/aromatic N) is 2. The van der Waals surface area contributed by atoms with E-state index < -0.39 is 9.84 Å². The van der Waals surface area contributed by atoms with E-state index in [1.807, 2.05) is 0 Å². The molecule has 30 heavy (non-hydrogen) atoms. The Morgan fingerprint density at radius 3 is 2.47 bits per heavy atom. The second kappa shape index (κ2) is 9.86. The number of nitrogens with one attached hydrogen (secondary N) is 1. The number of sulfone groups is 1. The number of amides is 1. The number of hydrogen-bond donors (Lipinski definition) is 1. The zero-order valence-electron chi connectivity index (χ0n) is 16.2. The van der Waals surface area contributed by atoms with Crippen LogP contribution in [-0.2, 0) is 21.1 Å². The third-order valence-corrected chi connectivity index (χ3v) is 6.28. The molecule has 1 N–H and O–H groups in total. The molecule has 3 rings (SSSR count). The third kappa shape index (κ3) is 6.67. The maximum atomic E-state index is 12.9. The van der Waals surface area contributed by atoms with Gasteiger partial charge in [0.1, 0.15) is 5.82 Å². The van der Waals surface area contributed by atoms with Gasteiger partial charge in [0.05, 0.1) is 11.3 Å². The number of carbonyl (C=O) groups excluding carboxylic acids is 1. The van der Waals surface area contributed by atoms with Crippen molar-refractivity contribution in [2.45, 2.75) is 29.1 Å². The molecule has 0 bridgehead atoms. The highest BCUT2D eigenvalue weighted by Gasteiger charge is 2.11. The third-order valence-electron chi connectivity index (χ3n) is 4.05. The van der Waals surface area contributed by atoms with Crippen LogP contribution >= 0.6 is 11.8 Å². The molecule has 0 aliphatic carbocycles. The highest BCUT2D eigenvalue weighted by atomic mass is 32.2. The Balaban J connectivity index is 1.43. The van der Waals surface area contributed by atoms with E-state index >= 15 is 0 Å². The first-order chi connectivity index (χ1) is 14.3. The Hall–Kier alpha value is -2.72. The summed E-state index contributed by atoms with van der Waals surface area (Å²) in [5.41, 5.74) is 0.807. The molecule has 0 fully saturated rings. The van der Waals surface area contributed by atoms with Gasteiger partial charge in [-0.25, -0.2) is 12.8 Å². The molecule has 158 valence electrons. The van der Waals surface area contributed by atoms with E-state index in [1.165, 1.54) is 24.3 Å². The Bertz CT molecular complexity index is 1100. The van der Waals surface area contributed by atoms with Crippen LogP contribution in [0.25, 0.3) is 0 Å². The minimum Gasteiger partial charge on any atom is -0.407 e.